The third kappa shape index (κ3) is 5.01. The molecule has 0 aliphatic heterocycles. The van der Waals surface area contributed by atoms with Gasteiger partial charge in [0.05, 0.1) is 36.0 Å². The molecule has 3 N–H and O–H groups in total. The molecule has 1 aliphatic carbocycles. The van der Waals surface area contributed by atoms with Crippen LogP contribution in [0.5, 0.6) is 5.75 Å². The number of methoxy groups -OCH3 is 1. The van der Waals surface area contributed by atoms with Crippen molar-refractivity contribution in [3.05, 3.63) is 47.8 Å². The number of imidazole rings is 1. The second-order valence-corrected chi connectivity index (χ2v) is 9.12. The second kappa shape index (κ2) is 8.86. The number of amides is 1. The van der Waals surface area contributed by atoms with Gasteiger partial charge in [0.25, 0.3) is 5.91 Å². The van der Waals surface area contributed by atoms with E-state index in [-0.39, 0.29) is 11.9 Å². The molecular formula is C25H31N5O3. The molecule has 1 fully saturated rings. The zero-order chi connectivity index (χ0) is 23.8. The fraction of sp³-hybridized carbons (Fsp3) is 0.400. The van der Waals surface area contributed by atoms with Crippen LogP contribution in [0.15, 0.2) is 36.5 Å². The van der Waals surface area contributed by atoms with E-state index in [9.17, 15) is 9.90 Å². The van der Waals surface area contributed by atoms with Gasteiger partial charge in [-0.05, 0) is 70.4 Å². The zero-order valence-electron chi connectivity index (χ0n) is 19.8. The van der Waals surface area contributed by atoms with Crippen LogP contribution >= 0.6 is 0 Å². The standard InChI is InChI=1S/C25H31N5O3/c1-6-15(2)19-12-20(27-14-25(3,4)32)23-26-13-21(30(23)29-19)18-10-7-16(11-22(18)33-5)24(31)28-17-8-9-17/h6-7,10-13,17,27,32H,8-9,14H2,1-5H3,(H,28,31)/b15-6-. The number of anilines is 1. The number of carbonyl (C=O) groups is 1. The van der Waals surface area contributed by atoms with Crippen LogP contribution in [0.2, 0.25) is 0 Å². The monoisotopic (exact) mass is 449 g/mol. The minimum absolute atomic E-state index is 0.0947. The van der Waals surface area contributed by atoms with Crippen molar-refractivity contribution in [2.75, 3.05) is 19.0 Å². The Bertz CT molecular complexity index is 1220. The van der Waals surface area contributed by atoms with Gasteiger partial charge in [0.2, 0.25) is 0 Å². The average molecular weight is 450 g/mol. The van der Waals surface area contributed by atoms with Gasteiger partial charge in [-0.2, -0.15) is 5.10 Å². The second-order valence-electron chi connectivity index (χ2n) is 9.12. The molecule has 0 spiro atoms. The fourth-order valence-corrected chi connectivity index (χ4v) is 3.47. The van der Waals surface area contributed by atoms with Crippen molar-refractivity contribution in [3.63, 3.8) is 0 Å². The summed E-state index contributed by atoms with van der Waals surface area (Å²) in [4.78, 5) is 17.1. The maximum absolute atomic E-state index is 12.5. The molecule has 1 saturated carbocycles. The summed E-state index contributed by atoms with van der Waals surface area (Å²) in [5.74, 6) is 0.476. The summed E-state index contributed by atoms with van der Waals surface area (Å²) < 4.78 is 7.42. The largest absolute Gasteiger partial charge is 0.496 e. The van der Waals surface area contributed by atoms with Crippen LogP contribution in [-0.2, 0) is 0 Å². The molecule has 174 valence electrons. The van der Waals surface area contributed by atoms with Crippen molar-refractivity contribution < 1.29 is 14.6 Å². The van der Waals surface area contributed by atoms with E-state index < -0.39 is 5.60 Å². The number of nitrogens with one attached hydrogen (secondary N) is 2. The number of ether oxygens (including phenoxy) is 1. The molecule has 1 aromatic carbocycles. The quantitative estimate of drug-likeness (QED) is 0.482. The Kier molecular flexibility index (Phi) is 6.12. The van der Waals surface area contributed by atoms with Gasteiger partial charge >= 0.3 is 0 Å². The number of allylic oxidation sites excluding steroid dienone is 2. The first-order valence-electron chi connectivity index (χ1n) is 11.2. The summed E-state index contributed by atoms with van der Waals surface area (Å²) in [6.45, 7) is 7.82. The fourth-order valence-electron chi connectivity index (χ4n) is 3.47. The van der Waals surface area contributed by atoms with E-state index in [1.807, 2.05) is 32.1 Å². The summed E-state index contributed by atoms with van der Waals surface area (Å²) >= 11 is 0. The van der Waals surface area contributed by atoms with E-state index in [4.69, 9.17) is 9.84 Å². The molecule has 4 rings (SSSR count). The lowest BCUT2D eigenvalue weighted by Gasteiger charge is -2.19. The Morgan fingerprint density at radius 3 is 2.73 bits per heavy atom. The van der Waals surface area contributed by atoms with Crippen LogP contribution in [0.4, 0.5) is 5.69 Å². The maximum atomic E-state index is 12.5. The van der Waals surface area contributed by atoms with E-state index >= 15 is 0 Å². The summed E-state index contributed by atoms with van der Waals surface area (Å²) in [5.41, 5.74) is 4.42. The lowest BCUT2D eigenvalue weighted by atomic mass is 10.1. The number of nitrogens with zero attached hydrogens (tertiary/aromatic N) is 3. The van der Waals surface area contributed by atoms with Crippen LogP contribution < -0.4 is 15.4 Å². The Hall–Kier alpha value is -3.39. The predicted octanol–water partition coefficient (Wildman–Crippen LogP) is 3.90. The molecule has 8 nitrogen and oxygen atoms in total. The molecule has 0 saturated heterocycles. The summed E-state index contributed by atoms with van der Waals surface area (Å²) in [7, 11) is 1.59. The number of hydrogen-bond acceptors (Lipinski definition) is 6. The number of carbonyl (C=O) groups excluding carboxylic acids is 1. The zero-order valence-corrected chi connectivity index (χ0v) is 19.8. The maximum Gasteiger partial charge on any atom is 0.251 e. The van der Waals surface area contributed by atoms with Crippen molar-refractivity contribution in [1.82, 2.24) is 19.9 Å². The topological polar surface area (TPSA) is 101 Å². The summed E-state index contributed by atoms with van der Waals surface area (Å²) in [6, 6.07) is 7.64. The SMILES string of the molecule is C/C=C(/C)c1cc(NCC(C)(C)O)c2ncc(-c3ccc(C(=O)NC4CC4)cc3OC)n2n1. The first kappa shape index (κ1) is 22.8. The van der Waals surface area contributed by atoms with Gasteiger partial charge in [0.15, 0.2) is 5.65 Å². The molecule has 1 aliphatic rings. The van der Waals surface area contributed by atoms with E-state index in [0.29, 0.717) is 23.5 Å². The van der Waals surface area contributed by atoms with E-state index in [1.165, 1.54) is 0 Å². The van der Waals surface area contributed by atoms with E-state index in [0.717, 1.165) is 41.1 Å². The highest BCUT2D eigenvalue weighted by Gasteiger charge is 2.25. The van der Waals surface area contributed by atoms with Crippen LogP contribution in [0.1, 0.15) is 56.6 Å². The molecule has 3 aromatic rings. The molecule has 0 unspecified atom stereocenters. The van der Waals surface area contributed by atoms with E-state index in [1.54, 1.807) is 43.8 Å². The predicted molar refractivity (Wildman–Crippen MR) is 130 cm³/mol. The van der Waals surface area contributed by atoms with Gasteiger partial charge in [-0.3, -0.25) is 4.79 Å². The van der Waals surface area contributed by atoms with Gasteiger partial charge in [0.1, 0.15) is 5.75 Å². The molecular weight excluding hydrogens is 418 g/mol. The number of rotatable bonds is 8. The molecule has 33 heavy (non-hydrogen) atoms. The Labute approximate surface area is 193 Å². The third-order valence-electron chi connectivity index (χ3n) is 5.67. The Balaban J connectivity index is 1.79. The van der Waals surface area contributed by atoms with Gasteiger partial charge in [0, 0.05) is 23.7 Å². The van der Waals surface area contributed by atoms with Gasteiger partial charge in [-0.15, -0.1) is 0 Å². The van der Waals surface area contributed by atoms with Crippen molar-refractivity contribution in [3.8, 4) is 17.0 Å². The molecule has 2 heterocycles. The lowest BCUT2D eigenvalue weighted by Crippen LogP contribution is -2.29. The highest BCUT2D eigenvalue weighted by atomic mass is 16.5. The first-order chi connectivity index (χ1) is 15.7. The lowest BCUT2D eigenvalue weighted by molar-refractivity contribution is 0.0940. The first-order valence-corrected chi connectivity index (χ1v) is 11.2. The Morgan fingerprint density at radius 1 is 1.33 bits per heavy atom. The van der Waals surface area contributed by atoms with Crippen molar-refractivity contribution in [1.29, 1.82) is 0 Å². The smallest absolute Gasteiger partial charge is 0.251 e. The average Bonchev–Trinajstić information content (AvgIpc) is 3.51. The van der Waals surface area contributed by atoms with Crippen molar-refractivity contribution >= 4 is 22.8 Å². The summed E-state index contributed by atoms with van der Waals surface area (Å²) in [6.07, 6.45) is 5.81. The molecule has 2 aromatic heterocycles. The van der Waals surface area contributed by atoms with Crippen molar-refractivity contribution in [2.45, 2.75) is 52.2 Å². The molecule has 0 bridgehead atoms. The molecule has 8 heteroatoms. The highest BCUT2D eigenvalue weighted by molar-refractivity contribution is 5.96. The minimum Gasteiger partial charge on any atom is -0.496 e. The normalized spacial score (nSPS) is 14.4. The van der Waals surface area contributed by atoms with Gasteiger partial charge in [-0.1, -0.05) is 6.08 Å². The van der Waals surface area contributed by atoms with E-state index in [2.05, 4.69) is 15.6 Å². The Morgan fingerprint density at radius 2 is 2.09 bits per heavy atom. The van der Waals surface area contributed by atoms with Crippen LogP contribution in [0.25, 0.3) is 22.5 Å². The van der Waals surface area contributed by atoms with Crippen LogP contribution in [0.3, 0.4) is 0 Å². The van der Waals surface area contributed by atoms with Crippen LogP contribution in [0, 0.1) is 0 Å². The highest BCUT2D eigenvalue weighted by Crippen LogP contribution is 2.33. The molecule has 0 atom stereocenters. The number of aromatic nitrogens is 3. The van der Waals surface area contributed by atoms with Crippen LogP contribution in [-0.4, -0.2) is 50.9 Å². The van der Waals surface area contributed by atoms with Gasteiger partial charge in [-0.25, -0.2) is 9.50 Å². The third-order valence-corrected chi connectivity index (χ3v) is 5.67. The number of aliphatic hydroxyl groups is 1. The molecule has 1 amide bonds. The number of benzene rings is 1. The summed E-state index contributed by atoms with van der Waals surface area (Å²) in [5, 5.41) is 21.3. The number of fused-ring (bicyclic) bond motifs is 1. The molecule has 0 radical (unpaired) electrons. The minimum atomic E-state index is -0.883. The van der Waals surface area contributed by atoms with Gasteiger partial charge < -0.3 is 20.5 Å². The number of hydrogen-bond donors (Lipinski definition) is 3. The van der Waals surface area contributed by atoms with Crippen molar-refractivity contribution in [2.24, 2.45) is 0 Å².